The summed E-state index contributed by atoms with van der Waals surface area (Å²) in [7, 11) is 0. The van der Waals surface area contributed by atoms with Crippen molar-refractivity contribution in [1.82, 2.24) is 39.0 Å². The highest BCUT2D eigenvalue weighted by Crippen LogP contribution is 2.41. The Labute approximate surface area is 329 Å². The molecule has 0 N–H and O–H groups in total. The first-order chi connectivity index (χ1) is 28.3. The highest BCUT2D eigenvalue weighted by atomic mass is 32.1. The number of thiophene rings is 1. The van der Waals surface area contributed by atoms with Gasteiger partial charge in [-0.2, -0.15) is 0 Å². The van der Waals surface area contributed by atoms with Crippen LogP contribution in [0.1, 0.15) is 0 Å². The van der Waals surface area contributed by atoms with E-state index in [1.54, 1.807) is 17.5 Å². The lowest BCUT2D eigenvalue weighted by molar-refractivity contribution is 1.08. The third-order valence-electron chi connectivity index (χ3n) is 10.9. The second-order valence-corrected chi connectivity index (χ2v) is 15.0. The first-order valence-electron chi connectivity index (χ1n) is 18.7. The normalized spacial score (nSPS) is 11.9. The number of fused-ring (bicyclic) bond motifs is 9. The van der Waals surface area contributed by atoms with E-state index in [0.29, 0.717) is 0 Å². The van der Waals surface area contributed by atoms with E-state index in [9.17, 15) is 0 Å². The van der Waals surface area contributed by atoms with E-state index in [1.807, 2.05) is 61.3 Å². The van der Waals surface area contributed by atoms with Crippen LogP contribution in [0, 0.1) is 0 Å². The lowest BCUT2D eigenvalue weighted by atomic mass is 9.99. The second-order valence-electron chi connectivity index (χ2n) is 14.0. The maximum Gasteiger partial charge on any atom is 0.143 e. The van der Waals surface area contributed by atoms with Crippen molar-refractivity contribution >= 4 is 75.4 Å². The lowest BCUT2D eigenvalue weighted by Crippen LogP contribution is -1.98. The van der Waals surface area contributed by atoms with E-state index in [4.69, 9.17) is 15.0 Å². The number of pyridine rings is 4. The first kappa shape index (κ1) is 31.7. The van der Waals surface area contributed by atoms with Crippen molar-refractivity contribution < 1.29 is 0 Å². The average molecular weight is 749 g/mol. The molecule has 9 heteroatoms. The lowest BCUT2D eigenvalue weighted by Gasteiger charge is -2.11. The summed E-state index contributed by atoms with van der Waals surface area (Å²) >= 11 is 1.68. The van der Waals surface area contributed by atoms with Crippen molar-refractivity contribution in [2.45, 2.75) is 0 Å². The van der Waals surface area contributed by atoms with E-state index in [-0.39, 0.29) is 0 Å². The molecule has 8 aromatic heterocycles. The molecular formula is C48H28N8S. The largest absolute Gasteiger partial charge is 0.308 e. The highest BCUT2D eigenvalue weighted by Gasteiger charge is 2.19. The quantitative estimate of drug-likeness (QED) is 0.174. The van der Waals surface area contributed by atoms with Gasteiger partial charge in [-0.15, -0.1) is 11.3 Å². The molecule has 0 radical (unpaired) electrons. The zero-order valence-electron chi connectivity index (χ0n) is 30.2. The standard InChI is InChI=1S/C48H28N8S/c1-2-14-40-32(10-1)34-25-30(17-18-41(34)55(40)44-15-6-11-33-46-48(57-47(33)44)52-28-39(54-46)38-12-3-4-21-51-38)29-8-5-9-31(24-29)37-13-7-16-45(53-37)56-42-19-22-49-26-35(42)36-27-50-23-20-43(36)56/h1-28H. The van der Waals surface area contributed by atoms with Crippen molar-refractivity contribution in [2.75, 3.05) is 0 Å². The number of benzene rings is 4. The fourth-order valence-electron chi connectivity index (χ4n) is 8.29. The van der Waals surface area contributed by atoms with Crippen LogP contribution in [0.4, 0.5) is 0 Å². The molecule has 266 valence electrons. The fraction of sp³-hybridized carbons (Fsp3) is 0. The summed E-state index contributed by atoms with van der Waals surface area (Å²) in [6, 6.07) is 46.8. The summed E-state index contributed by atoms with van der Waals surface area (Å²) in [5, 5.41) is 5.58. The molecule has 0 aliphatic carbocycles. The highest BCUT2D eigenvalue weighted by molar-refractivity contribution is 7.25. The molecule has 57 heavy (non-hydrogen) atoms. The smallest absolute Gasteiger partial charge is 0.143 e. The predicted octanol–water partition coefficient (Wildman–Crippen LogP) is 11.6. The molecule has 12 aromatic rings. The van der Waals surface area contributed by atoms with Crippen LogP contribution in [-0.2, 0) is 0 Å². The van der Waals surface area contributed by atoms with Gasteiger partial charge in [-0.3, -0.25) is 19.5 Å². The van der Waals surface area contributed by atoms with Crippen LogP contribution in [0.2, 0.25) is 0 Å². The molecule has 4 aromatic carbocycles. The third-order valence-corrected chi connectivity index (χ3v) is 12.0. The number of hydrogen-bond acceptors (Lipinski definition) is 7. The minimum atomic E-state index is 0.767. The van der Waals surface area contributed by atoms with Gasteiger partial charge in [-0.05, 0) is 77.9 Å². The Morgan fingerprint density at radius 2 is 1.14 bits per heavy atom. The van der Waals surface area contributed by atoms with Crippen molar-refractivity contribution in [1.29, 1.82) is 0 Å². The zero-order valence-corrected chi connectivity index (χ0v) is 31.0. The zero-order chi connectivity index (χ0) is 37.5. The average Bonchev–Trinajstić information content (AvgIpc) is 3.94. The molecule has 0 saturated heterocycles. The number of hydrogen-bond donors (Lipinski definition) is 0. The maximum atomic E-state index is 5.22. The molecule has 0 aliphatic heterocycles. The topological polar surface area (TPSA) is 87.2 Å². The number of aromatic nitrogens is 8. The van der Waals surface area contributed by atoms with E-state index in [0.717, 1.165) is 98.5 Å². The molecule has 0 bridgehead atoms. The van der Waals surface area contributed by atoms with E-state index in [2.05, 4.69) is 127 Å². The first-order valence-corrected chi connectivity index (χ1v) is 19.5. The fourth-order valence-corrected chi connectivity index (χ4v) is 9.38. The Kier molecular flexibility index (Phi) is 6.93. The minimum Gasteiger partial charge on any atom is -0.308 e. The molecule has 8 nitrogen and oxygen atoms in total. The van der Waals surface area contributed by atoms with Gasteiger partial charge in [0, 0.05) is 63.5 Å². The summed E-state index contributed by atoms with van der Waals surface area (Å²) in [6.07, 6.45) is 11.1. The van der Waals surface area contributed by atoms with Gasteiger partial charge in [-0.25, -0.2) is 15.0 Å². The maximum absolute atomic E-state index is 5.22. The van der Waals surface area contributed by atoms with Gasteiger partial charge in [0.2, 0.25) is 0 Å². The summed E-state index contributed by atoms with van der Waals surface area (Å²) in [5.74, 6) is 0.846. The van der Waals surface area contributed by atoms with Crippen LogP contribution in [-0.4, -0.2) is 39.0 Å². The van der Waals surface area contributed by atoms with Gasteiger partial charge in [0.05, 0.1) is 50.0 Å². The molecule has 0 spiro atoms. The van der Waals surface area contributed by atoms with Crippen LogP contribution >= 0.6 is 11.3 Å². The molecule has 0 unspecified atom stereocenters. The molecular weight excluding hydrogens is 721 g/mol. The van der Waals surface area contributed by atoms with Crippen LogP contribution in [0.15, 0.2) is 171 Å². The summed E-state index contributed by atoms with van der Waals surface area (Å²) in [5.41, 5.74) is 12.2. The Morgan fingerprint density at radius 1 is 0.421 bits per heavy atom. The van der Waals surface area contributed by atoms with Gasteiger partial charge >= 0.3 is 0 Å². The van der Waals surface area contributed by atoms with E-state index < -0.39 is 0 Å². The Morgan fingerprint density at radius 3 is 2.00 bits per heavy atom. The molecule has 0 aliphatic rings. The van der Waals surface area contributed by atoms with Gasteiger partial charge in [0.1, 0.15) is 21.9 Å². The molecule has 0 fully saturated rings. The molecule has 8 heterocycles. The van der Waals surface area contributed by atoms with Crippen molar-refractivity contribution in [3.8, 4) is 45.3 Å². The summed E-state index contributed by atoms with van der Waals surface area (Å²) in [4.78, 5) is 29.3. The van der Waals surface area contributed by atoms with Crippen LogP contribution in [0.25, 0.3) is 109 Å². The van der Waals surface area contributed by atoms with Crippen LogP contribution in [0.5, 0.6) is 0 Å². The van der Waals surface area contributed by atoms with Gasteiger partial charge < -0.3 is 4.57 Å². The number of rotatable bonds is 5. The Balaban J connectivity index is 0.970. The summed E-state index contributed by atoms with van der Waals surface area (Å²) < 4.78 is 5.73. The SMILES string of the molecule is c1ccc(-c2cnc3sc4c(-n5c6ccccc6c6cc(-c7cccc(-c8cccc(-n9c%10ccncc%10c%10cnccc%109)n8)c7)ccc65)cccc4c3n2)nc1. The summed E-state index contributed by atoms with van der Waals surface area (Å²) in [6.45, 7) is 0. The molecule has 0 atom stereocenters. The number of nitrogens with zero attached hydrogens (tertiary/aromatic N) is 8. The van der Waals surface area contributed by atoms with Gasteiger partial charge in [0.25, 0.3) is 0 Å². The van der Waals surface area contributed by atoms with E-state index >= 15 is 0 Å². The number of para-hydroxylation sites is 1. The Hall–Kier alpha value is -7.62. The van der Waals surface area contributed by atoms with Crippen molar-refractivity contribution in [3.05, 3.63) is 171 Å². The van der Waals surface area contributed by atoms with Crippen LogP contribution < -0.4 is 0 Å². The molecule has 0 amide bonds. The van der Waals surface area contributed by atoms with Crippen LogP contribution in [0.3, 0.4) is 0 Å². The Bertz CT molecular complexity index is 3490. The second kappa shape index (κ2) is 12.5. The van der Waals surface area contributed by atoms with E-state index in [1.165, 1.54) is 10.8 Å². The molecule has 12 rings (SSSR count). The van der Waals surface area contributed by atoms with Gasteiger partial charge in [-0.1, -0.05) is 66.7 Å². The molecule has 0 saturated carbocycles. The van der Waals surface area contributed by atoms with Crippen molar-refractivity contribution in [2.24, 2.45) is 0 Å². The monoisotopic (exact) mass is 748 g/mol. The van der Waals surface area contributed by atoms with Gasteiger partial charge in [0.15, 0.2) is 0 Å². The predicted molar refractivity (Wildman–Crippen MR) is 231 cm³/mol. The minimum absolute atomic E-state index is 0.767. The third kappa shape index (κ3) is 4.92. The van der Waals surface area contributed by atoms with Crippen molar-refractivity contribution in [3.63, 3.8) is 0 Å².